The molecule has 0 atom stereocenters. The Balaban J connectivity index is 1.77. The zero-order valence-corrected chi connectivity index (χ0v) is 15.6. The van der Waals surface area contributed by atoms with Crippen molar-refractivity contribution in [2.75, 3.05) is 5.32 Å². The van der Waals surface area contributed by atoms with E-state index in [-0.39, 0.29) is 20.3 Å². The van der Waals surface area contributed by atoms with Crippen molar-refractivity contribution in [3.63, 3.8) is 0 Å². The maximum absolute atomic E-state index is 13.1. The van der Waals surface area contributed by atoms with Crippen LogP contribution in [0.15, 0.2) is 91.0 Å². The minimum absolute atomic E-state index is 0.0538. The van der Waals surface area contributed by atoms with Gasteiger partial charge in [-0.3, -0.25) is 0 Å². The predicted molar refractivity (Wildman–Crippen MR) is 106 cm³/mol. The van der Waals surface area contributed by atoms with Crippen LogP contribution in [-0.2, 0) is 0 Å². The average molecular weight is 403 g/mol. The standard InChI is InChI=1S/C22H16N2OSe/c25-20(17-12-6-2-7-13-17)21-19(16-10-4-1-5-11-16)24-22(26-21)23-18-14-8-3-9-15-18/h1-15H,(H,23,24). The van der Waals surface area contributed by atoms with Gasteiger partial charge < -0.3 is 0 Å². The van der Waals surface area contributed by atoms with Crippen molar-refractivity contribution in [1.29, 1.82) is 0 Å². The number of nitrogens with zero attached hydrogens (tertiary/aromatic N) is 1. The summed E-state index contributed by atoms with van der Waals surface area (Å²) in [7, 11) is 0. The first-order valence-electron chi connectivity index (χ1n) is 8.29. The maximum atomic E-state index is 13.1. The summed E-state index contributed by atoms with van der Waals surface area (Å²) in [6.07, 6.45) is 0. The van der Waals surface area contributed by atoms with Crippen LogP contribution in [0.3, 0.4) is 0 Å². The first kappa shape index (κ1) is 16.5. The first-order valence-corrected chi connectivity index (χ1v) is 10.0. The van der Waals surface area contributed by atoms with Gasteiger partial charge in [0.1, 0.15) is 0 Å². The molecule has 4 heteroatoms. The van der Waals surface area contributed by atoms with Crippen molar-refractivity contribution < 1.29 is 4.79 Å². The fraction of sp³-hybridized carbons (Fsp3) is 0. The van der Waals surface area contributed by atoms with E-state index in [0.717, 1.165) is 26.1 Å². The Morgan fingerprint density at radius 1 is 0.769 bits per heavy atom. The number of nitrogens with one attached hydrogen (secondary N) is 1. The van der Waals surface area contributed by atoms with Crippen molar-refractivity contribution in [3.8, 4) is 11.3 Å². The van der Waals surface area contributed by atoms with Gasteiger partial charge in [0.15, 0.2) is 0 Å². The number of carbonyl (C=O) groups excluding carboxylic acids is 1. The molecular weight excluding hydrogens is 387 g/mol. The molecule has 0 saturated heterocycles. The summed E-state index contributed by atoms with van der Waals surface area (Å²) in [6.45, 7) is 0. The number of rotatable bonds is 5. The summed E-state index contributed by atoms with van der Waals surface area (Å²) in [5, 5.41) is 3.36. The Morgan fingerprint density at radius 2 is 1.35 bits per heavy atom. The molecule has 126 valence electrons. The number of benzene rings is 3. The van der Waals surface area contributed by atoms with E-state index < -0.39 is 0 Å². The fourth-order valence-electron chi connectivity index (χ4n) is 2.68. The molecule has 4 rings (SSSR count). The van der Waals surface area contributed by atoms with Crippen LogP contribution in [0.1, 0.15) is 14.8 Å². The van der Waals surface area contributed by atoms with E-state index in [0.29, 0.717) is 5.56 Å². The van der Waals surface area contributed by atoms with E-state index in [1.807, 2.05) is 91.0 Å². The normalized spacial score (nSPS) is 10.5. The molecular formula is C22H16N2OSe. The van der Waals surface area contributed by atoms with Crippen molar-refractivity contribution in [1.82, 2.24) is 4.98 Å². The van der Waals surface area contributed by atoms with Gasteiger partial charge >= 0.3 is 158 Å². The van der Waals surface area contributed by atoms with E-state index in [4.69, 9.17) is 4.98 Å². The number of carbonyl (C=O) groups is 1. The molecule has 0 radical (unpaired) electrons. The fourth-order valence-corrected chi connectivity index (χ4v) is 4.72. The second kappa shape index (κ2) is 7.52. The number of anilines is 2. The predicted octanol–water partition coefficient (Wildman–Crippen LogP) is 4.78. The van der Waals surface area contributed by atoms with Crippen LogP contribution in [0.2, 0.25) is 0 Å². The second-order valence-electron chi connectivity index (χ2n) is 5.75. The second-order valence-corrected chi connectivity index (χ2v) is 7.85. The van der Waals surface area contributed by atoms with Crippen LogP contribution in [0.25, 0.3) is 11.3 Å². The topological polar surface area (TPSA) is 42.0 Å². The zero-order chi connectivity index (χ0) is 17.8. The summed E-state index contributed by atoms with van der Waals surface area (Å²) in [4.78, 5) is 17.9. The van der Waals surface area contributed by atoms with Gasteiger partial charge in [0.25, 0.3) is 0 Å². The molecule has 1 heterocycles. The van der Waals surface area contributed by atoms with Crippen LogP contribution >= 0.6 is 0 Å². The molecule has 3 aromatic carbocycles. The van der Waals surface area contributed by atoms with Crippen molar-refractivity contribution in [3.05, 3.63) is 101 Å². The van der Waals surface area contributed by atoms with E-state index in [9.17, 15) is 4.79 Å². The molecule has 0 aliphatic carbocycles. The Bertz CT molecular complexity index is 1010. The average Bonchev–Trinajstić information content (AvgIpc) is 3.13. The summed E-state index contributed by atoms with van der Waals surface area (Å²) < 4.78 is 1.63. The van der Waals surface area contributed by atoms with E-state index >= 15 is 0 Å². The van der Waals surface area contributed by atoms with Gasteiger partial charge in [0, 0.05) is 0 Å². The molecule has 1 N–H and O–H groups in total. The third-order valence-electron chi connectivity index (χ3n) is 3.94. The molecule has 3 nitrogen and oxygen atoms in total. The number of hydrogen-bond donors (Lipinski definition) is 1. The van der Waals surface area contributed by atoms with Crippen molar-refractivity contribution in [2.24, 2.45) is 0 Å². The van der Waals surface area contributed by atoms with Crippen LogP contribution in [0, 0.1) is 0 Å². The van der Waals surface area contributed by atoms with E-state index in [2.05, 4.69) is 5.32 Å². The van der Waals surface area contributed by atoms with E-state index in [1.165, 1.54) is 0 Å². The molecule has 0 unspecified atom stereocenters. The quantitative estimate of drug-likeness (QED) is 0.385. The minimum atomic E-state index is -0.173. The molecule has 4 aromatic rings. The van der Waals surface area contributed by atoms with Gasteiger partial charge in [-0.1, -0.05) is 0 Å². The zero-order valence-electron chi connectivity index (χ0n) is 13.9. The number of aromatic nitrogens is 1. The van der Waals surface area contributed by atoms with Crippen LogP contribution in [0.5, 0.6) is 0 Å². The third kappa shape index (κ3) is 3.52. The summed E-state index contributed by atoms with van der Waals surface area (Å²) in [6, 6.07) is 29.3. The Labute approximate surface area is 158 Å². The van der Waals surface area contributed by atoms with Crippen LogP contribution in [-0.4, -0.2) is 25.3 Å². The Hall–Kier alpha value is -2.94. The Kier molecular flexibility index (Phi) is 4.78. The number of para-hydroxylation sites is 1. The monoisotopic (exact) mass is 404 g/mol. The summed E-state index contributed by atoms with van der Waals surface area (Å²) >= 11 is -0.173. The van der Waals surface area contributed by atoms with Gasteiger partial charge in [0.2, 0.25) is 0 Å². The molecule has 0 amide bonds. The third-order valence-corrected chi connectivity index (χ3v) is 5.98. The molecule has 1 aromatic heterocycles. The molecule has 26 heavy (non-hydrogen) atoms. The summed E-state index contributed by atoms with van der Waals surface area (Å²) in [5.41, 5.74) is 3.43. The SMILES string of the molecule is O=C(c1ccccc1)c1[se]c(Nc2ccccc2)nc1-c1ccccc1. The molecule has 0 fully saturated rings. The van der Waals surface area contributed by atoms with Gasteiger partial charge in [0.05, 0.1) is 0 Å². The summed E-state index contributed by atoms with van der Waals surface area (Å²) in [5.74, 6) is 0.0538. The Morgan fingerprint density at radius 3 is 2.00 bits per heavy atom. The molecule has 0 aliphatic heterocycles. The van der Waals surface area contributed by atoms with Crippen LogP contribution < -0.4 is 5.32 Å². The molecule has 0 saturated carbocycles. The number of ketones is 1. The number of hydrogen-bond acceptors (Lipinski definition) is 3. The molecule has 0 bridgehead atoms. The van der Waals surface area contributed by atoms with Crippen molar-refractivity contribution >= 4 is 30.7 Å². The van der Waals surface area contributed by atoms with Gasteiger partial charge in [-0.05, 0) is 0 Å². The van der Waals surface area contributed by atoms with Gasteiger partial charge in [-0.2, -0.15) is 0 Å². The molecule has 0 aliphatic rings. The van der Waals surface area contributed by atoms with Crippen LogP contribution in [0.4, 0.5) is 10.4 Å². The van der Waals surface area contributed by atoms with Gasteiger partial charge in [-0.15, -0.1) is 0 Å². The van der Waals surface area contributed by atoms with E-state index in [1.54, 1.807) is 0 Å². The van der Waals surface area contributed by atoms with Gasteiger partial charge in [-0.25, -0.2) is 0 Å². The van der Waals surface area contributed by atoms with Crippen molar-refractivity contribution in [2.45, 2.75) is 0 Å². The first-order chi connectivity index (χ1) is 12.8. The molecule has 0 spiro atoms.